The maximum atomic E-state index is 12.5. The van der Waals surface area contributed by atoms with E-state index >= 15 is 0 Å². The number of carbonyl (C=O) groups is 1. The van der Waals surface area contributed by atoms with Crippen LogP contribution in [0.25, 0.3) is 11.8 Å². The molecular formula is C19H17N5O2S. The second-order valence-electron chi connectivity index (χ2n) is 6.29. The largest absolute Gasteiger partial charge is 0.506 e. The van der Waals surface area contributed by atoms with Crippen molar-refractivity contribution in [3.63, 3.8) is 0 Å². The zero-order valence-electron chi connectivity index (χ0n) is 15.0. The molecule has 7 nitrogen and oxygen atoms in total. The van der Waals surface area contributed by atoms with Crippen LogP contribution >= 0.6 is 11.8 Å². The van der Waals surface area contributed by atoms with E-state index in [1.54, 1.807) is 18.2 Å². The highest BCUT2D eigenvalue weighted by Crippen LogP contribution is 2.31. The first-order chi connectivity index (χ1) is 12.9. The van der Waals surface area contributed by atoms with E-state index in [4.69, 9.17) is 5.41 Å². The number of nitrogens with zero attached hydrogens (tertiary/aromatic N) is 4. The Bertz CT molecular complexity index is 1090. The Labute approximate surface area is 160 Å². The Kier molecular flexibility index (Phi) is 4.00. The molecule has 1 aromatic heterocycles. The van der Waals surface area contributed by atoms with Gasteiger partial charge < -0.3 is 9.67 Å². The van der Waals surface area contributed by atoms with Crippen molar-refractivity contribution < 1.29 is 9.90 Å². The van der Waals surface area contributed by atoms with Crippen LogP contribution < -0.4 is 0 Å². The minimum absolute atomic E-state index is 0.0155. The highest BCUT2D eigenvalue weighted by Gasteiger charge is 2.34. The number of aromatic nitrogens is 1. The molecule has 0 atom stereocenters. The smallest absolute Gasteiger partial charge is 0.283 e. The molecule has 0 fully saturated rings. The summed E-state index contributed by atoms with van der Waals surface area (Å²) in [4.78, 5) is 16.5. The summed E-state index contributed by atoms with van der Waals surface area (Å²) < 4.78 is 1.92. The third-order valence-corrected chi connectivity index (χ3v) is 5.27. The summed E-state index contributed by atoms with van der Waals surface area (Å²) in [5.41, 5.74) is 3.40. The third kappa shape index (κ3) is 2.78. The Morgan fingerprint density at radius 3 is 2.70 bits per heavy atom. The number of phenolic OH excluding ortho intramolecular Hbond substituents is 1. The molecule has 0 radical (unpaired) electrons. The molecule has 1 aromatic carbocycles. The predicted octanol–water partition coefficient (Wildman–Crippen LogP) is 3.44. The number of aromatic hydroxyl groups is 1. The second kappa shape index (κ2) is 6.24. The van der Waals surface area contributed by atoms with Gasteiger partial charge in [-0.15, -0.1) is 0 Å². The fourth-order valence-corrected chi connectivity index (χ4v) is 3.93. The van der Waals surface area contributed by atoms with E-state index in [0.717, 1.165) is 22.0 Å². The molecule has 2 N–H and O–H groups in total. The Morgan fingerprint density at radius 1 is 1.22 bits per heavy atom. The molecule has 0 bridgehead atoms. The lowest BCUT2D eigenvalue weighted by Gasteiger charge is -2.20. The normalized spacial score (nSPS) is 18.0. The molecule has 0 saturated heterocycles. The van der Waals surface area contributed by atoms with Crippen molar-refractivity contribution >= 4 is 39.8 Å². The summed E-state index contributed by atoms with van der Waals surface area (Å²) in [7, 11) is 0. The van der Waals surface area contributed by atoms with E-state index in [-0.39, 0.29) is 17.2 Å². The number of amidine groups is 2. The lowest BCUT2D eigenvalue weighted by atomic mass is 10.1. The third-order valence-electron chi connectivity index (χ3n) is 4.45. The van der Waals surface area contributed by atoms with Crippen molar-refractivity contribution in [1.29, 1.82) is 5.41 Å². The fraction of sp³-hybridized carbons (Fsp3) is 0.158. The molecule has 0 spiro atoms. The maximum Gasteiger partial charge on any atom is 0.283 e. The number of rotatable bonds is 2. The summed E-state index contributed by atoms with van der Waals surface area (Å²) in [6, 6.07) is 9.00. The number of para-hydroxylation sites is 2. The number of hydrogen-bond acceptors (Lipinski definition) is 5. The van der Waals surface area contributed by atoms with Gasteiger partial charge in [0.15, 0.2) is 5.84 Å². The number of aliphatic imine (C=N–C) groups is 1. The van der Waals surface area contributed by atoms with E-state index in [1.807, 2.05) is 43.5 Å². The van der Waals surface area contributed by atoms with Gasteiger partial charge in [0.25, 0.3) is 5.91 Å². The molecule has 2 aliphatic heterocycles. The molecule has 0 saturated carbocycles. The number of thioether (sulfide) groups is 1. The average Bonchev–Trinajstić information content (AvgIpc) is 3.12. The lowest BCUT2D eigenvalue weighted by molar-refractivity contribution is -0.114. The topological polar surface area (TPSA) is 94.0 Å². The number of carbonyl (C=O) groups excluding carboxylic acids is 1. The van der Waals surface area contributed by atoms with Crippen LogP contribution in [0.3, 0.4) is 0 Å². The van der Waals surface area contributed by atoms with Crippen molar-refractivity contribution in [2.24, 2.45) is 10.1 Å². The molecule has 2 aromatic rings. The quantitative estimate of drug-likeness (QED) is 0.782. The molecule has 8 heteroatoms. The summed E-state index contributed by atoms with van der Waals surface area (Å²) >= 11 is 1.28. The van der Waals surface area contributed by atoms with Gasteiger partial charge in [0.1, 0.15) is 5.75 Å². The first-order valence-corrected chi connectivity index (χ1v) is 9.12. The summed E-state index contributed by atoms with van der Waals surface area (Å²) in [6.45, 7) is 5.65. The monoisotopic (exact) mass is 379 g/mol. The zero-order chi connectivity index (χ0) is 19.3. The number of fused-ring (bicyclic) bond motifs is 1. The van der Waals surface area contributed by atoms with Crippen molar-refractivity contribution in [3.8, 4) is 11.4 Å². The van der Waals surface area contributed by atoms with Gasteiger partial charge in [-0.05, 0) is 62.4 Å². The van der Waals surface area contributed by atoms with Crippen LogP contribution in [0.2, 0.25) is 0 Å². The molecule has 3 heterocycles. The molecule has 27 heavy (non-hydrogen) atoms. The van der Waals surface area contributed by atoms with Crippen LogP contribution in [0.4, 0.5) is 0 Å². The summed E-state index contributed by atoms with van der Waals surface area (Å²) in [6.07, 6.45) is 1.66. The SMILES string of the molecule is CC1=NN2C(=N)C(=Cc3cc(C)n(-c4ccccc4O)c3C)C(=O)N=C2S1. The van der Waals surface area contributed by atoms with Gasteiger partial charge in [0.2, 0.25) is 5.17 Å². The number of aryl methyl sites for hydroxylation is 1. The van der Waals surface area contributed by atoms with E-state index in [1.165, 1.54) is 16.8 Å². The average molecular weight is 379 g/mol. The summed E-state index contributed by atoms with van der Waals surface area (Å²) in [5, 5.41) is 25.3. The van der Waals surface area contributed by atoms with E-state index in [2.05, 4.69) is 10.1 Å². The number of hydrogen-bond donors (Lipinski definition) is 2. The van der Waals surface area contributed by atoms with Crippen molar-refractivity contribution in [1.82, 2.24) is 9.58 Å². The van der Waals surface area contributed by atoms with Crippen molar-refractivity contribution in [3.05, 3.63) is 52.9 Å². The molecule has 2 aliphatic rings. The Hall–Kier alpha value is -3.13. The zero-order valence-corrected chi connectivity index (χ0v) is 15.8. The maximum absolute atomic E-state index is 12.5. The van der Waals surface area contributed by atoms with Crippen LogP contribution in [0.15, 0.2) is 46.0 Å². The van der Waals surface area contributed by atoms with Crippen LogP contribution in [0.5, 0.6) is 5.75 Å². The fourth-order valence-electron chi connectivity index (χ4n) is 3.20. The lowest BCUT2D eigenvalue weighted by Crippen LogP contribution is -2.35. The standard InChI is InChI=1S/C19H17N5O2S/c1-10-8-13(11(2)23(10)15-6-4-5-7-16(15)25)9-14-17(20)24-19(21-18(14)26)27-12(3)22-24/h4-9,20,25H,1-3H3. The summed E-state index contributed by atoms with van der Waals surface area (Å²) in [5.74, 6) is -0.258. The number of nitrogens with one attached hydrogen (secondary N) is 1. The van der Waals surface area contributed by atoms with Crippen LogP contribution in [0, 0.1) is 19.3 Å². The number of amides is 1. The van der Waals surface area contributed by atoms with Crippen LogP contribution in [0.1, 0.15) is 23.9 Å². The van der Waals surface area contributed by atoms with E-state index < -0.39 is 5.91 Å². The van der Waals surface area contributed by atoms with Crippen molar-refractivity contribution in [2.75, 3.05) is 0 Å². The highest BCUT2D eigenvalue weighted by atomic mass is 32.2. The Morgan fingerprint density at radius 2 is 1.96 bits per heavy atom. The van der Waals surface area contributed by atoms with Gasteiger partial charge in [-0.1, -0.05) is 12.1 Å². The first kappa shape index (κ1) is 17.3. The van der Waals surface area contributed by atoms with Crippen LogP contribution in [-0.4, -0.2) is 36.6 Å². The number of benzene rings is 1. The first-order valence-electron chi connectivity index (χ1n) is 8.31. The Balaban J connectivity index is 1.80. The predicted molar refractivity (Wildman–Crippen MR) is 108 cm³/mol. The minimum Gasteiger partial charge on any atom is -0.506 e. The molecule has 4 rings (SSSR count). The highest BCUT2D eigenvalue weighted by molar-refractivity contribution is 8.26. The van der Waals surface area contributed by atoms with Gasteiger partial charge in [-0.25, -0.2) is 0 Å². The molecule has 0 aliphatic carbocycles. The molecule has 1 amide bonds. The van der Waals surface area contributed by atoms with Gasteiger partial charge >= 0.3 is 0 Å². The van der Waals surface area contributed by atoms with Gasteiger partial charge in [0.05, 0.1) is 16.3 Å². The molecule has 136 valence electrons. The van der Waals surface area contributed by atoms with Gasteiger partial charge in [0, 0.05) is 11.4 Å². The van der Waals surface area contributed by atoms with Crippen molar-refractivity contribution in [2.45, 2.75) is 20.8 Å². The number of phenols is 1. The van der Waals surface area contributed by atoms with Crippen LogP contribution in [-0.2, 0) is 4.79 Å². The minimum atomic E-state index is -0.448. The second-order valence-corrected chi connectivity index (χ2v) is 7.45. The van der Waals surface area contributed by atoms with Gasteiger partial charge in [-0.3, -0.25) is 10.2 Å². The molecule has 0 unspecified atom stereocenters. The van der Waals surface area contributed by atoms with E-state index in [0.29, 0.717) is 10.9 Å². The van der Waals surface area contributed by atoms with E-state index in [9.17, 15) is 9.90 Å². The molecular weight excluding hydrogens is 362 g/mol. The van der Waals surface area contributed by atoms with Gasteiger partial charge in [-0.2, -0.15) is 15.1 Å². The number of hydrazone groups is 1.